The van der Waals surface area contributed by atoms with E-state index in [0.717, 1.165) is 26.6 Å². The Bertz CT molecular complexity index is 1580. The van der Waals surface area contributed by atoms with Crippen molar-refractivity contribution in [2.45, 2.75) is 0 Å². The summed E-state index contributed by atoms with van der Waals surface area (Å²) in [5, 5.41) is 9.80. The van der Waals surface area contributed by atoms with Gasteiger partial charge in [-0.1, -0.05) is 114 Å². The van der Waals surface area contributed by atoms with Crippen molar-refractivity contribution in [3.8, 4) is 5.75 Å². The summed E-state index contributed by atoms with van der Waals surface area (Å²) >= 11 is 12.2. The topological polar surface area (TPSA) is 9.23 Å². The molecule has 1 nitrogen and oxygen atoms in total. The van der Waals surface area contributed by atoms with Gasteiger partial charge in [-0.25, -0.2) is 0 Å². The second-order valence-corrected chi connectivity index (χ2v) is 11.4. The van der Waals surface area contributed by atoms with E-state index in [9.17, 15) is 0 Å². The Morgan fingerprint density at radius 3 is 1.57 bits per heavy atom. The quantitative estimate of drug-likeness (QED) is 0.206. The molecule has 6 rings (SSSR count). The van der Waals surface area contributed by atoms with Crippen molar-refractivity contribution in [2.24, 2.45) is 0 Å². The second kappa shape index (κ2) is 11.8. The first-order valence-corrected chi connectivity index (χ1v) is 13.9. The molecule has 4 heteroatoms. The fourth-order valence-corrected chi connectivity index (χ4v) is 6.51. The van der Waals surface area contributed by atoms with Gasteiger partial charge in [0.2, 0.25) is 0 Å². The maximum absolute atomic E-state index is 6.09. The van der Waals surface area contributed by atoms with Gasteiger partial charge in [-0.05, 0) is 81.8 Å². The number of benzene rings is 6. The molecule has 0 aliphatic heterocycles. The highest BCUT2D eigenvalue weighted by atomic mass is 35.5. The van der Waals surface area contributed by atoms with E-state index < -0.39 is 7.92 Å². The Balaban J connectivity index is 0.000000195. The van der Waals surface area contributed by atoms with Crippen LogP contribution in [-0.2, 0) is 0 Å². The van der Waals surface area contributed by atoms with Crippen molar-refractivity contribution >= 4 is 68.6 Å². The van der Waals surface area contributed by atoms with Crippen LogP contribution in [0.5, 0.6) is 5.75 Å². The summed E-state index contributed by atoms with van der Waals surface area (Å²) in [6.07, 6.45) is 0. The van der Waals surface area contributed by atoms with E-state index in [-0.39, 0.29) is 0 Å². The molecular weight excluding hydrogens is 514 g/mol. The van der Waals surface area contributed by atoms with Crippen molar-refractivity contribution in [3.63, 3.8) is 0 Å². The molecular formula is C33H23Cl2OP. The lowest BCUT2D eigenvalue weighted by Gasteiger charge is -2.19. The zero-order valence-electron chi connectivity index (χ0n) is 20.2. The van der Waals surface area contributed by atoms with Gasteiger partial charge in [0.1, 0.15) is 5.75 Å². The molecule has 0 aliphatic carbocycles. The number of rotatable bonds is 4. The molecule has 0 saturated carbocycles. The Labute approximate surface area is 229 Å². The summed E-state index contributed by atoms with van der Waals surface area (Å²) < 4.78 is 5.07. The van der Waals surface area contributed by atoms with Crippen LogP contribution < -0.4 is 20.7 Å². The minimum atomic E-state index is -0.717. The third kappa shape index (κ3) is 6.14. The van der Waals surface area contributed by atoms with Crippen LogP contribution in [0, 0.1) is 12.1 Å². The SMILES string of the molecule is COc1[c]c2ccccc2cc1.Clc1ccc(P(c2[c]c3ccccc3cc2)c2ccc(Cl)cc2)cc1. The average Bonchev–Trinajstić information content (AvgIpc) is 2.95. The molecule has 6 aromatic carbocycles. The summed E-state index contributed by atoms with van der Waals surface area (Å²) in [7, 11) is 0.937. The van der Waals surface area contributed by atoms with E-state index in [1.165, 1.54) is 26.7 Å². The molecule has 37 heavy (non-hydrogen) atoms. The third-order valence-electron chi connectivity index (χ3n) is 5.91. The molecule has 2 radical (unpaired) electrons. The molecule has 0 heterocycles. The number of ether oxygens (including phenoxy) is 1. The van der Waals surface area contributed by atoms with E-state index in [2.05, 4.69) is 78.9 Å². The molecule has 0 N–H and O–H groups in total. The van der Waals surface area contributed by atoms with Crippen molar-refractivity contribution in [1.29, 1.82) is 0 Å². The van der Waals surface area contributed by atoms with Gasteiger partial charge in [0.25, 0.3) is 0 Å². The Morgan fingerprint density at radius 1 is 0.541 bits per heavy atom. The van der Waals surface area contributed by atoms with Crippen molar-refractivity contribution in [2.75, 3.05) is 7.11 Å². The number of halogens is 2. The molecule has 0 amide bonds. The van der Waals surface area contributed by atoms with Crippen LogP contribution in [0.1, 0.15) is 0 Å². The highest BCUT2D eigenvalue weighted by molar-refractivity contribution is 7.79. The van der Waals surface area contributed by atoms with E-state index in [1.54, 1.807) is 7.11 Å². The molecule has 0 unspecified atom stereocenters. The molecule has 0 saturated heterocycles. The minimum absolute atomic E-state index is 0.717. The van der Waals surface area contributed by atoms with Gasteiger partial charge in [0.15, 0.2) is 0 Å². The van der Waals surface area contributed by atoms with E-state index in [1.807, 2.05) is 54.6 Å². The predicted octanol–water partition coefficient (Wildman–Crippen LogP) is 8.35. The summed E-state index contributed by atoms with van der Waals surface area (Å²) in [5.41, 5.74) is 0. The van der Waals surface area contributed by atoms with Crippen LogP contribution in [0.4, 0.5) is 0 Å². The minimum Gasteiger partial charge on any atom is -0.496 e. The van der Waals surface area contributed by atoms with Crippen LogP contribution in [0.2, 0.25) is 10.0 Å². The van der Waals surface area contributed by atoms with Gasteiger partial charge < -0.3 is 4.74 Å². The third-order valence-corrected chi connectivity index (χ3v) is 8.78. The van der Waals surface area contributed by atoms with Crippen LogP contribution in [0.25, 0.3) is 21.5 Å². The van der Waals surface area contributed by atoms with Gasteiger partial charge in [0, 0.05) is 16.1 Å². The number of methoxy groups -OCH3 is 1. The normalized spacial score (nSPS) is 10.8. The van der Waals surface area contributed by atoms with Crippen molar-refractivity contribution < 1.29 is 4.74 Å². The first kappa shape index (κ1) is 25.3. The van der Waals surface area contributed by atoms with Crippen LogP contribution >= 0.6 is 31.1 Å². The maximum atomic E-state index is 6.09. The van der Waals surface area contributed by atoms with Gasteiger partial charge in [-0.2, -0.15) is 0 Å². The lowest BCUT2D eigenvalue weighted by molar-refractivity contribution is 0.414. The molecule has 0 aliphatic rings. The number of hydrogen-bond acceptors (Lipinski definition) is 1. The molecule has 180 valence electrons. The largest absolute Gasteiger partial charge is 0.496 e. The van der Waals surface area contributed by atoms with Crippen molar-refractivity contribution in [1.82, 2.24) is 0 Å². The lowest BCUT2D eigenvalue weighted by atomic mass is 10.1. The molecule has 6 aromatic rings. The summed E-state index contributed by atoms with van der Waals surface area (Å²) in [4.78, 5) is 0. The Kier molecular flexibility index (Phi) is 8.07. The number of hydrogen-bond donors (Lipinski definition) is 0. The molecule has 0 fully saturated rings. The monoisotopic (exact) mass is 536 g/mol. The first-order chi connectivity index (χ1) is 18.1. The van der Waals surface area contributed by atoms with Crippen molar-refractivity contribution in [3.05, 3.63) is 144 Å². The summed E-state index contributed by atoms with van der Waals surface area (Å²) in [6, 6.07) is 47.7. The highest BCUT2D eigenvalue weighted by Crippen LogP contribution is 2.34. The zero-order valence-corrected chi connectivity index (χ0v) is 22.6. The number of fused-ring (bicyclic) bond motifs is 2. The van der Waals surface area contributed by atoms with E-state index >= 15 is 0 Å². The van der Waals surface area contributed by atoms with E-state index in [4.69, 9.17) is 27.9 Å². The smallest absolute Gasteiger partial charge is 0.127 e. The average molecular weight is 537 g/mol. The van der Waals surface area contributed by atoms with E-state index in [0.29, 0.717) is 0 Å². The van der Waals surface area contributed by atoms with Crippen LogP contribution in [0.3, 0.4) is 0 Å². The predicted molar refractivity (Wildman–Crippen MR) is 161 cm³/mol. The maximum Gasteiger partial charge on any atom is 0.127 e. The summed E-state index contributed by atoms with van der Waals surface area (Å²) in [6.45, 7) is 0. The highest BCUT2D eigenvalue weighted by Gasteiger charge is 2.17. The molecule has 0 aromatic heterocycles. The summed E-state index contributed by atoms with van der Waals surface area (Å²) in [5.74, 6) is 0.786. The van der Waals surface area contributed by atoms with Gasteiger partial charge >= 0.3 is 0 Å². The molecule has 0 spiro atoms. The van der Waals surface area contributed by atoms with Gasteiger partial charge in [0.05, 0.1) is 7.11 Å². The van der Waals surface area contributed by atoms with Crippen LogP contribution in [-0.4, -0.2) is 7.11 Å². The second-order valence-electron chi connectivity index (χ2n) is 8.33. The fraction of sp³-hybridized carbons (Fsp3) is 0.0303. The van der Waals surface area contributed by atoms with Gasteiger partial charge in [-0.15, -0.1) is 0 Å². The Hall–Kier alpha value is -3.35. The molecule has 0 atom stereocenters. The fourth-order valence-electron chi connectivity index (χ4n) is 4.06. The standard InChI is InChI=1S/C22H14Cl2P.C11H9O/c23-18-6-11-20(12-7-18)25(21-13-8-19(24)9-14-21)22-10-5-16-3-1-2-4-17(16)15-22;1-12-11-7-6-9-4-2-3-5-10(9)8-11/h1-14H;2-7H,1H3. The lowest BCUT2D eigenvalue weighted by Crippen LogP contribution is -2.20. The first-order valence-electron chi connectivity index (χ1n) is 11.8. The van der Waals surface area contributed by atoms with Crippen LogP contribution in [0.15, 0.2) is 121 Å². The van der Waals surface area contributed by atoms with Gasteiger partial charge in [-0.3, -0.25) is 0 Å². The Morgan fingerprint density at radius 2 is 1.03 bits per heavy atom. The molecule has 0 bridgehead atoms. The zero-order chi connectivity index (χ0) is 25.6.